The van der Waals surface area contributed by atoms with Gasteiger partial charge in [0.15, 0.2) is 0 Å². The van der Waals surface area contributed by atoms with E-state index in [0.717, 1.165) is 6.20 Å². The van der Waals surface area contributed by atoms with Gasteiger partial charge < -0.3 is 10.1 Å². The molecule has 2 aromatic heterocycles. The van der Waals surface area contributed by atoms with E-state index in [1.165, 1.54) is 12.3 Å². The van der Waals surface area contributed by atoms with Crippen molar-refractivity contribution >= 4 is 17.0 Å². The van der Waals surface area contributed by atoms with Crippen LogP contribution in [0.1, 0.15) is 5.56 Å². The molecule has 0 spiro atoms. The van der Waals surface area contributed by atoms with Crippen molar-refractivity contribution in [3.05, 3.63) is 29.8 Å². The van der Waals surface area contributed by atoms with Crippen LogP contribution in [0.3, 0.4) is 0 Å². The normalized spacial score (nSPS) is 10.6. The molecule has 0 aliphatic rings. The van der Waals surface area contributed by atoms with Gasteiger partial charge in [0, 0.05) is 17.8 Å². The minimum Gasteiger partial charge on any atom is -0.481 e. The summed E-state index contributed by atoms with van der Waals surface area (Å²) in [6.45, 7) is 0. The number of aromatic amines is 1. The Labute approximate surface area is 78.4 Å². The molecule has 0 saturated heterocycles. The maximum Gasteiger partial charge on any atom is 0.307 e. The van der Waals surface area contributed by atoms with E-state index in [1.54, 1.807) is 0 Å². The molecule has 2 rings (SSSR count). The van der Waals surface area contributed by atoms with Gasteiger partial charge in [-0.15, -0.1) is 0 Å². The van der Waals surface area contributed by atoms with Gasteiger partial charge in [0.2, 0.25) is 0 Å². The zero-order valence-electron chi connectivity index (χ0n) is 7.12. The van der Waals surface area contributed by atoms with Gasteiger partial charge in [-0.25, -0.2) is 4.39 Å². The second-order valence-corrected chi connectivity index (χ2v) is 2.93. The Bertz CT molecular complexity index is 493. The zero-order valence-corrected chi connectivity index (χ0v) is 7.12. The minimum atomic E-state index is -0.933. The standard InChI is InChI=1S/C9H7FN2O2/c10-6-2-7-9(12-4-6)5(3-11-7)1-8(13)14/h2-4,11H,1H2,(H,13,14). The molecule has 2 heterocycles. The van der Waals surface area contributed by atoms with E-state index in [9.17, 15) is 9.18 Å². The third-order valence-electron chi connectivity index (χ3n) is 1.90. The van der Waals surface area contributed by atoms with Crippen molar-refractivity contribution in [3.8, 4) is 0 Å². The molecule has 0 fully saturated rings. The Hall–Kier alpha value is -1.91. The van der Waals surface area contributed by atoms with Crippen molar-refractivity contribution in [1.82, 2.24) is 9.97 Å². The van der Waals surface area contributed by atoms with Crippen LogP contribution < -0.4 is 0 Å². The minimum absolute atomic E-state index is 0.112. The molecule has 0 atom stereocenters. The Morgan fingerprint density at radius 2 is 2.43 bits per heavy atom. The van der Waals surface area contributed by atoms with Crippen molar-refractivity contribution in [3.63, 3.8) is 0 Å². The summed E-state index contributed by atoms with van der Waals surface area (Å²) in [5.74, 6) is -1.38. The topological polar surface area (TPSA) is 66.0 Å². The number of H-pyrrole nitrogens is 1. The first kappa shape index (κ1) is 8.68. The van der Waals surface area contributed by atoms with Crippen molar-refractivity contribution in [1.29, 1.82) is 0 Å². The van der Waals surface area contributed by atoms with Gasteiger partial charge in [-0.05, 0) is 0 Å². The quantitative estimate of drug-likeness (QED) is 0.757. The number of carboxylic acid groups (broad SMARTS) is 1. The number of fused-ring (bicyclic) bond motifs is 1. The predicted octanol–water partition coefficient (Wildman–Crippen LogP) is 1.33. The third-order valence-corrected chi connectivity index (χ3v) is 1.90. The molecule has 72 valence electrons. The van der Waals surface area contributed by atoms with Crippen molar-refractivity contribution < 1.29 is 14.3 Å². The Morgan fingerprint density at radius 1 is 1.64 bits per heavy atom. The van der Waals surface area contributed by atoms with E-state index in [4.69, 9.17) is 5.11 Å². The number of pyridine rings is 1. The van der Waals surface area contributed by atoms with Gasteiger partial charge in [-0.3, -0.25) is 9.78 Å². The van der Waals surface area contributed by atoms with Crippen molar-refractivity contribution in [2.75, 3.05) is 0 Å². The van der Waals surface area contributed by atoms with Crippen LogP contribution in [0.25, 0.3) is 11.0 Å². The molecule has 0 aliphatic heterocycles. The molecule has 2 aromatic rings. The van der Waals surface area contributed by atoms with Crippen LogP contribution in [0, 0.1) is 5.82 Å². The first-order valence-corrected chi connectivity index (χ1v) is 4.00. The maximum atomic E-state index is 12.7. The van der Waals surface area contributed by atoms with Crippen LogP contribution in [0.2, 0.25) is 0 Å². The summed E-state index contributed by atoms with van der Waals surface area (Å²) in [5.41, 5.74) is 1.59. The van der Waals surface area contributed by atoms with Gasteiger partial charge in [0.1, 0.15) is 5.82 Å². The largest absolute Gasteiger partial charge is 0.481 e. The number of hydrogen-bond donors (Lipinski definition) is 2. The number of nitrogens with one attached hydrogen (secondary N) is 1. The summed E-state index contributed by atoms with van der Waals surface area (Å²) in [6.07, 6.45) is 2.49. The van der Waals surface area contributed by atoms with Crippen LogP contribution in [0.4, 0.5) is 4.39 Å². The number of halogens is 1. The van der Waals surface area contributed by atoms with E-state index < -0.39 is 11.8 Å². The molecule has 4 nitrogen and oxygen atoms in total. The van der Waals surface area contributed by atoms with E-state index in [0.29, 0.717) is 16.6 Å². The molecule has 0 unspecified atom stereocenters. The Kier molecular flexibility index (Phi) is 1.92. The Balaban J connectivity index is 2.52. The molecule has 0 saturated carbocycles. The summed E-state index contributed by atoms with van der Waals surface area (Å²) in [7, 11) is 0. The molecule has 0 amide bonds. The summed E-state index contributed by atoms with van der Waals surface area (Å²) < 4.78 is 12.7. The molecular formula is C9H7FN2O2. The summed E-state index contributed by atoms with van der Waals surface area (Å²) >= 11 is 0. The fourth-order valence-corrected chi connectivity index (χ4v) is 1.34. The highest BCUT2D eigenvalue weighted by atomic mass is 19.1. The van der Waals surface area contributed by atoms with Gasteiger partial charge in [-0.1, -0.05) is 0 Å². The average molecular weight is 194 g/mol. The lowest BCUT2D eigenvalue weighted by Crippen LogP contribution is -1.99. The number of aromatic nitrogens is 2. The predicted molar refractivity (Wildman–Crippen MR) is 47.4 cm³/mol. The molecule has 5 heteroatoms. The van der Waals surface area contributed by atoms with E-state index in [1.807, 2.05) is 0 Å². The molecule has 0 aliphatic carbocycles. The lowest BCUT2D eigenvalue weighted by atomic mass is 10.2. The maximum absolute atomic E-state index is 12.7. The molecule has 14 heavy (non-hydrogen) atoms. The lowest BCUT2D eigenvalue weighted by Gasteiger charge is -1.93. The summed E-state index contributed by atoms with van der Waals surface area (Å²) in [6, 6.07) is 1.29. The highest BCUT2D eigenvalue weighted by molar-refractivity contribution is 5.83. The van der Waals surface area contributed by atoms with Crippen molar-refractivity contribution in [2.24, 2.45) is 0 Å². The summed E-state index contributed by atoms with van der Waals surface area (Å²) in [5, 5.41) is 8.58. The van der Waals surface area contributed by atoms with E-state index >= 15 is 0 Å². The fraction of sp³-hybridized carbons (Fsp3) is 0.111. The van der Waals surface area contributed by atoms with Crippen LogP contribution in [-0.4, -0.2) is 21.0 Å². The van der Waals surface area contributed by atoms with Crippen molar-refractivity contribution in [2.45, 2.75) is 6.42 Å². The molecular weight excluding hydrogens is 187 g/mol. The van der Waals surface area contributed by atoms with Crippen LogP contribution in [0.5, 0.6) is 0 Å². The van der Waals surface area contributed by atoms with E-state index in [2.05, 4.69) is 9.97 Å². The van der Waals surface area contributed by atoms with Crippen LogP contribution >= 0.6 is 0 Å². The number of nitrogens with zero attached hydrogens (tertiary/aromatic N) is 1. The molecule has 2 N–H and O–H groups in total. The summed E-state index contributed by atoms with van der Waals surface area (Å²) in [4.78, 5) is 17.1. The third kappa shape index (κ3) is 1.44. The number of hydrogen-bond acceptors (Lipinski definition) is 2. The lowest BCUT2D eigenvalue weighted by molar-refractivity contribution is -0.136. The average Bonchev–Trinajstić information content (AvgIpc) is 2.47. The number of carboxylic acids is 1. The molecule has 0 aromatic carbocycles. The molecule has 0 bridgehead atoms. The van der Waals surface area contributed by atoms with Gasteiger partial charge in [0.25, 0.3) is 0 Å². The van der Waals surface area contributed by atoms with Gasteiger partial charge >= 0.3 is 5.97 Å². The first-order valence-electron chi connectivity index (χ1n) is 4.00. The monoisotopic (exact) mass is 194 g/mol. The first-order chi connectivity index (χ1) is 6.66. The van der Waals surface area contributed by atoms with Crippen LogP contribution in [-0.2, 0) is 11.2 Å². The van der Waals surface area contributed by atoms with E-state index in [-0.39, 0.29) is 6.42 Å². The van der Waals surface area contributed by atoms with Crippen LogP contribution in [0.15, 0.2) is 18.5 Å². The SMILES string of the molecule is O=C(O)Cc1c[nH]c2cc(F)cnc12. The Morgan fingerprint density at radius 3 is 3.14 bits per heavy atom. The number of rotatable bonds is 2. The van der Waals surface area contributed by atoms with Gasteiger partial charge in [0.05, 0.1) is 23.7 Å². The van der Waals surface area contributed by atoms with Gasteiger partial charge in [-0.2, -0.15) is 0 Å². The fourth-order valence-electron chi connectivity index (χ4n) is 1.34. The number of carbonyl (C=O) groups is 1. The zero-order chi connectivity index (χ0) is 10.1. The highest BCUT2D eigenvalue weighted by Crippen LogP contribution is 2.16. The highest BCUT2D eigenvalue weighted by Gasteiger charge is 2.08. The second kappa shape index (κ2) is 3.10. The smallest absolute Gasteiger partial charge is 0.307 e. The second-order valence-electron chi connectivity index (χ2n) is 2.93. The number of aliphatic carboxylic acids is 1. The molecule has 0 radical (unpaired) electrons.